The van der Waals surface area contributed by atoms with Crippen LogP contribution >= 0.6 is 39.7 Å². The van der Waals surface area contributed by atoms with Crippen LogP contribution in [0.4, 0.5) is 5.69 Å². The molecular formula is C15H14BrClN2S. The van der Waals surface area contributed by atoms with Gasteiger partial charge in [-0.15, -0.1) is 0 Å². The van der Waals surface area contributed by atoms with Crippen LogP contribution in [0.15, 0.2) is 46.9 Å². The van der Waals surface area contributed by atoms with E-state index in [2.05, 4.69) is 20.8 Å². The van der Waals surface area contributed by atoms with Gasteiger partial charge in [-0.2, -0.15) is 0 Å². The average Bonchev–Trinajstić information content (AvgIpc) is 2.40. The fraction of sp³-hybridized carbons (Fsp3) is 0.133. The molecule has 0 aliphatic rings. The van der Waals surface area contributed by atoms with Crippen molar-refractivity contribution < 1.29 is 0 Å². The van der Waals surface area contributed by atoms with E-state index in [0.717, 1.165) is 32.9 Å². The number of halogens is 2. The van der Waals surface area contributed by atoms with Gasteiger partial charge in [-0.25, -0.2) is 0 Å². The van der Waals surface area contributed by atoms with Crippen molar-refractivity contribution in [2.24, 2.45) is 5.73 Å². The van der Waals surface area contributed by atoms with Crippen LogP contribution in [0.1, 0.15) is 11.1 Å². The van der Waals surface area contributed by atoms with Crippen LogP contribution in [0.3, 0.4) is 0 Å². The van der Waals surface area contributed by atoms with Gasteiger partial charge >= 0.3 is 0 Å². The Kier molecular flexibility index (Phi) is 5.02. The minimum Gasteiger partial charge on any atom is -0.389 e. The van der Waals surface area contributed by atoms with Gasteiger partial charge in [-0.3, -0.25) is 0 Å². The quantitative estimate of drug-likeness (QED) is 0.811. The Hall–Kier alpha value is -1.10. The van der Waals surface area contributed by atoms with Gasteiger partial charge in [0.1, 0.15) is 4.99 Å². The van der Waals surface area contributed by atoms with E-state index in [1.165, 1.54) is 0 Å². The zero-order valence-corrected chi connectivity index (χ0v) is 14.1. The summed E-state index contributed by atoms with van der Waals surface area (Å²) in [7, 11) is 2.02. The molecule has 2 nitrogen and oxygen atoms in total. The van der Waals surface area contributed by atoms with E-state index in [9.17, 15) is 0 Å². The first-order valence-corrected chi connectivity index (χ1v) is 7.61. The van der Waals surface area contributed by atoms with E-state index in [-0.39, 0.29) is 0 Å². The van der Waals surface area contributed by atoms with Gasteiger partial charge in [0.15, 0.2) is 0 Å². The van der Waals surface area contributed by atoms with Crippen LogP contribution in [0.2, 0.25) is 5.02 Å². The maximum absolute atomic E-state index is 6.18. The largest absolute Gasteiger partial charge is 0.389 e. The van der Waals surface area contributed by atoms with Crippen LogP contribution in [0, 0.1) is 0 Å². The molecule has 0 aliphatic heterocycles. The summed E-state index contributed by atoms with van der Waals surface area (Å²) in [5.74, 6) is 0. The average molecular weight is 370 g/mol. The molecule has 0 unspecified atom stereocenters. The number of thiocarbonyl (C=S) groups is 1. The molecule has 104 valence electrons. The maximum Gasteiger partial charge on any atom is 0.105 e. The molecule has 2 aromatic carbocycles. The van der Waals surface area contributed by atoms with Crippen LogP contribution in [-0.2, 0) is 6.54 Å². The van der Waals surface area contributed by atoms with Gasteiger partial charge in [0, 0.05) is 34.3 Å². The Morgan fingerprint density at radius 1 is 1.30 bits per heavy atom. The van der Waals surface area contributed by atoms with Crippen molar-refractivity contribution >= 4 is 50.4 Å². The maximum atomic E-state index is 6.18. The Balaban J connectivity index is 2.22. The summed E-state index contributed by atoms with van der Waals surface area (Å²) in [4.78, 5) is 2.51. The van der Waals surface area contributed by atoms with Crippen molar-refractivity contribution in [1.29, 1.82) is 0 Å². The lowest BCUT2D eigenvalue weighted by Crippen LogP contribution is -2.17. The molecule has 0 radical (unpaired) electrons. The van der Waals surface area contributed by atoms with Crippen molar-refractivity contribution in [2.75, 3.05) is 11.9 Å². The van der Waals surface area contributed by atoms with Crippen molar-refractivity contribution in [3.05, 3.63) is 63.1 Å². The highest BCUT2D eigenvalue weighted by Gasteiger charge is 2.08. The zero-order valence-electron chi connectivity index (χ0n) is 10.9. The van der Waals surface area contributed by atoms with Crippen molar-refractivity contribution in [3.8, 4) is 0 Å². The molecule has 0 saturated carbocycles. The number of hydrogen-bond donors (Lipinski definition) is 1. The highest BCUT2D eigenvalue weighted by atomic mass is 79.9. The SMILES string of the molecule is CN(Cc1ccccc1Cl)c1ccc(C(N)=S)c(Br)c1. The summed E-state index contributed by atoms with van der Waals surface area (Å²) in [6, 6.07) is 13.8. The number of hydrogen-bond acceptors (Lipinski definition) is 2. The summed E-state index contributed by atoms with van der Waals surface area (Å²) in [6.07, 6.45) is 0. The smallest absolute Gasteiger partial charge is 0.105 e. The van der Waals surface area contributed by atoms with Gasteiger partial charge < -0.3 is 10.6 Å². The van der Waals surface area contributed by atoms with E-state index in [1.54, 1.807) is 0 Å². The number of benzene rings is 2. The van der Waals surface area contributed by atoms with Crippen molar-refractivity contribution in [3.63, 3.8) is 0 Å². The third-order valence-electron chi connectivity index (χ3n) is 3.02. The standard InChI is InChI=1S/C15H14BrClN2S/c1-19(9-10-4-2-3-5-14(10)17)11-6-7-12(15(18)20)13(16)8-11/h2-8H,9H2,1H3,(H2,18,20). The lowest BCUT2D eigenvalue weighted by Gasteiger charge is -2.21. The zero-order chi connectivity index (χ0) is 14.7. The van der Waals surface area contributed by atoms with Gasteiger partial charge in [-0.1, -0.05) is 42.0 Å². The predicted octanol–water partition coefficient (Wildman–Crippen LogP) is 4.37. The first-order valence-electron chi connectivity index (χ1n) is 6.03. The second kappa shape index (κ2) is 6.57. The second-order valence-corrected chi connectivity index (χ2v) is 6.18. The molecule has 0 heterocycles. The molecule has 5 heteroatoms. The van der Waals surface area contributed by atoms with Crippen LogP contribution in [0.5, 0.6) is 0 Å². The minimum atomic E-state index is 0.386. The summed E-state index contributed by atoms with van der Waals surface area (Å²) < 4.78 is 0.897. The summed E-state index contributed by atoms with van der Waals surface area (Å²) in [6.45, 7) is 0.735. The fourth-order valence-corrected chi connectivity index (χ4v) is 3.00. The Morgan fingerprint density at radius 3 is 2.60 bits per heavy atom. The van der Waals surface area contributed by atoms with Gasteiger partial charge in [0.25, 0.3) is 0 Å². The molecule has 0 aliphatic carbocycles. The van der Waals surface area contributed by atoms with Gasteiger partial charge in [-0.05, 0) is 45.8 Å². The van der Waals surface area contributed by atoms with Crippen LogP contribution < -0.4 is 10.6 Å². The third-order valence-corrected chi connectivity index (χ3v) is 4.27. The number of anilines is 1. The molecule has 2 N–H and O–H groups in total. The molecule has 0 fully saturated rings. The summed E-state index contributed by atoms with van der Waals surface area (Å²) in [5.41, 5.74) is 8.65. The molecule has 20 heavy (non-hydrogen) atoms. The molecular weight excluding hydrogens is 356 g/mol. The van der Waals surface area contributed by atoms with Gasteiger partial charge in [0.2, 0.25) is 0 Å². The topological polar surface area (TPSA) is 29.3 Å². The normalized spacial score (nSPS) is 10.3. The van der Waals surface area contributed by atoms with Crippen LogP contribution in [-0.4, -0.2) is 12.0 Å². The minimum absolute atomic E-state index is 0.386. The van der Waals surface area contributed by atoms with Crippen molar-refractivity contribution in [2.45, 2.75) is 6.54 Å². The molecule has 0 aromatic heterocycles. The van der Waals surface area contributed by atoms with E-state index in [1.807, 2.05) is 49.5 Å². The molecule has 0 bridgehead atoms. The summed E-state index contributed by atoms with van der Waals surface area (Å²) in [5, 5.41) is 0.776. The molecule has 0 amide bonds. The number of rotatable bonds is 4. The Labute approximate surface area is 137 Å². The number of nitrogens with zero attached hydrogens (tertiary/aromatic N) is 1. The molecule has 0 atom stereocenters. The molecule has 0 saturated heterocycles. The molecule has 2 aromatic rings. The lowest BCUT2D eigenvalue weighted by atomic mass is 10.1. The van der Waals surface area contributed by atoms with E-state index >= 15 is 0 Å². The highest BCUT2D eigenvalue weighted by Crippen LogP contribution is 2.26. The Bertz CT molecular complexity index is 646. The van der Waals surface area contributed by atoms with Gasteiger partial charge in [0.05, 0.1) is 0 Å². The predicted molar refractivity (Wildman–Crippen MR) is 93.6 cm³/mol. The van der Waals surface area contributed by atoms with E-state index in [0.29, 0.717) is 4.99 Å². The van der Waals surface area contributed by atoms with Crippen molar-refractivity contribution in [1.82, 2.24) is 0 Å². The summed E-state index contributed by atoms with van der Waals surface area (Å²) >= 11 is 14.7. The van der Waals surface area contributed by atoms with E-state index in [4.69, 9.17) is 29.6 Å². The first-order chi connectivity index (χ1) is 9.49. The first kappa shape index (κ1) is 15.3. The monoisotopic (exact) mass is 368 g/mol. The van der Waals surface area contributed by atoms with Crippen LogP contribution in [0.25, 0.3) is 0 Å². The van der Waals surface area contributed by atoms with E-state index < -0.39 is 0 Å². The molecule has 0 spiro atoms. The third kappa shape index (κ3) is 3.51. The number of nitrogens with two attached hydrogens (primary N) is 1. The molecule has 2 rings (SSSR count). The lowest BCUT2D eigenvalue weighted by molar-refractivity contribution is 0.923. The highest BCUT2D eigenvalue weighted by molar-refractivity contribution is 9.10. The fourth-order valence-electron chi connectivity index (χ4n) is 1.91. The Morgan fingerprint density at radius 2 is 2.00 bits per heavy atom. The second-order valence-electron chi connectivity index (χ2n) is 4.48.